The van der Waals surface area contributed by atoms with Crippen molar-refractivity contribution >= 4 is 17.9 Å². The van der Waals surface area contributed by atoms with Gasteiger partial charge in [0, 0.05) is 19.3 Å². The molecule has 0 aromatic carbocycles. The highest BCUT2D eigenvalue weighted by molar-refractivity contribution is 5.71. The van der Waals surface area contributed by atoms with Crippen LogP contribution in [0.25, 0.3) is 0 Å². The standard InChI is InChI=1S/C62H104O6/c1-4-7-10-13-16-19-22-25-28-30-32-34-37-40-43-46-49-52-55-61(64)67-58-59(57-66-60(63)54-51-48-45-42-39-36-33-27-24-21-18-15-12-9-6-3)68-62(65)56-53-50-47-44-41-38-35-31-29-26-23-20-17-14-11-8-5-2/h8-9,11-12,17-22,26-30,33,59H,4-7,10,13-16,23-25,31-32,34-58H2,1-3H3/b11-8-,12-9-,20-17-,21-18-,22-19-,29-26-,30-28-,33-27-. The van der Waals surface area contributed by atoms with Crippen LogP contribution in [-0.2, 0) is 28.6 Å². The van der Waals surface area contributed by atoms with Crippen molar-refractivity contribution < 1.29 is 28.6 Å². The van der Waals surface area contributed by atoms with Gasteiger partial charge in [-0.3, -0.25) is 14.4 Å². The average Bonchev–Trinajstić information content (AvgIpc) is 3.34. The molecule has 0 rings (SSSR count). The molecule has 0 spiro atoms. The van der Waals surface area contributed by atoms with E-state index in [0.717, 1.165) is 135 Å². The predicted octanol–water partition coefficient (Wildman–Crippen LogP) is 18.9. The number of hydrogen-bond acceptors (Lipinski definition) is 6. The van der Waals surface area contributed by atoms with Gasteiger partial charge in [-0.2, -0.15) is 0 Å². The highest BCUT2D eigenvalue weighted by Crippen LogP contribution is 2.14. The first-order valence-corrected chi connectivity index (χ1v) is 28.2. The fourth-order valence-corrected chi connectivity index (χ4v) is 7.62. The van der Waals surface area contributed by atoms with Crippen LogP contribution in [0.1, 0.15) is 258 Å². The molecule has 68 heavy (non-hydrogen) atoms. The van der Waals surface area contributed by atoms with Crippen LogP contribution in [0.2, 0.25) is 0 Å². The van der Waals surface area contributed by atoms with Gasteiger partial charge in [-0.1, -0.05) is 221 Å². The lowest BCUT2D eigenvalue weighted by molar-refractivity contribution is -0.167. The Morgan fingerprint density at radius 3 is 0.897 bits per heavy atom. The van der Waals surface area contributed by atoms with Gasteiger partial charge < -0.3 is 14.2 Å². The minimum absolute atomic E-state index is 0.0921. The number of ether oxygens (including phenoxy) is 3. The molecule has 0 aromatic rings. The third-order valence-corrected chi connectivity index (χ3v) is 11.8. The van der Waals surface area contributed by atoms with Crippen molar-refractivity contribution in [1.82, 2.24) is 0 Å². The first kappa shape index (κ1) is 64.3. The molecule has 0 bridgehead atoms. The van der Waals surface area contributed by atoms with Crippen LogP contribution in [-0.4, -0.2) is 37.2 Å². The maximum absolute atomic E-state index is 12.9. The summed E-state index contributed by atoms with van der Waals surface area (Å²) >= 11 is 0. The Labute approximate surface area is 419 Å². The molecule has 0 aliphatic heterocycles. The lowest BCUT2D eigenvalue weighted by atomic mass is 10.1. The summed E-state index contributed by atoms with van der Waals surface area (Å²) < 4.78 is 16.8. The lowest BCUT2D eigenvalue weighted by Crippen LogP contribution is -2.30. The molecule has 0 heterocycles. The largest absolute Gasteiger partial charge is 0.462 e. The molecular formula is C62H104O6. The highest BCUT2D eigenvalue weighted by atomic mass is 16.6. The molecule has 0 aliphatic carbocycles. The van der Waals surface area contributed by atoms with E-state index in [4.69, 9.17) is 14.2 Å². The van der Waals surface area contributed by atoms with E-state index in [2.05, 4.69) is 118 Å². The Morgan fingerprint density at radius 1 is 0.309 bits per heavy atom. The van der Waals surface area contributed by atoms with Gasteiger partial charge in [-0.25, -0.2) is 0 Å². The van der Waals surface area contributed by atoms with Gasteiger partial charge in [-0.15, -0.1) is 0 Å². The molecule has 0 radical (unpaired) electrons. The van der Waals surface area contributed by atoms with Gasteiger partial charge >= 0.3 is 17.9 Å². The van der Waals surface area contributed by atoms with Crippen LogP contribution in [0.4, 0.5) is 0 Å². The zero-order chi connectivity index (χ0) is 49.3. The number of carbonyl (C=O) groups is 3. The molecule has 6 nitrogen and oxygen atoms in total. The average molecular weight is 946 g/mol. The number of unbranched alkanes of at least 4 members (excludes halogenated alkanes) is 23. The van der Waals surface area contributed by atoms with Gasteiger partial charge in [-0.05, 0) is 116 Å². The smallest absolute Gasteiger partial charge is 0.306 e. The van der Waals surface area contributed by atoms with E-state index in [1.807, 2.05) is 0 Å². The Bertz CT molecular complexity index is 1360. The van der Waals surface area contributed by atoms with Crippen molar-refractivity contribution in [2.45, 2.75) is 264 Å². The first-order valence-electron chi connectivity index (χ1n) is 28.2. The number of carbonyl (C=O) groups excluding carboxylic acids is 3. The Hall–Kier alpha value is -3.67. The van der Waals surface area contributed by atoms with Crippen molar-refractivity contribution in [3.8, 4) is 0 Å². The third kappa shape index (κ3) is 53.3. The van der Waals surface area contributed by atoms with E-state index in [9.17, 15) is 14.4 Å². The molecule has 0 saturated heterocycles. The van der Waals surface area contributed by atoms with Gasteiger partial charge in [0.2, 0.25) is 0 Å². The van der Waals surface area contributed by atoms with Crippen LogP contribution < -0.4 is 0 Å². The monoisotopic (exact) mass is 945 g/mol. The second kappa shape index (κ2) is 55.9. The van der Waals surface area contributed by atoms with E-state index < -0.39 is 6.10 Å². The maximum Gasteiger partial charge on any atom is 0.306 e. The maximum atomic E-state index is 12.9. The van der Waals surface area contributed by atoms with Gasteiger partial charge in [0.15, 0.2) is 6.10 Å². The third-order valence-electron chi connectivity index (χ3n) is 11.8. The van der Waals surface area contributed by atoms with Crippen molar-refractivity contribution in [2.24, 2.45) is 0 Å². The Morgan fingerprint density at radius 2 is 0.574 bits per heavy atom. The molecule has 1 atom stereocenters. The van der Waals surface area contributed by atoms with E-state index in [-0.39, 0.29) is 31.1 Å². The molecule has 6 heteroatoms. The topological polar surface area (TPSA) is 78.9 Å². The zero-order valence-corrected chi connectivity index (χ0v) is 44.3. The molecule has 388 valence electrons. The van der Waals surface area contributed by atoms with E-state index in [1.165, 1.54) is 83.5 Å². The summed E-state index contributed by atoms with van der Waals surface area (Å²) in [5, 5.41) is 0. The summed E-state index contributed by atoms with van der Waals surface area (Å²) in [7, 11) is 0. The second-order valence-electron chi connectivity index (χ2n) is 18.4. The fourth-order valence-electron chi connectivity index (χ4n) is 7.62. The van der Waals surface area contributed by atoms with Crippen molar-refractivity contribution in [3.05, 3.63) is 97.2 Å². The van der Waals surface area contributed by atoms with Crippen LogP contribution in [0.3, 0.4) is 0 Å². The summed E-state index contributed by atoms with van der Waals surface area (Å²) in [6.07, 6.45) is 73.9. The fraction of sp³-hybridized carbons (Fsp3) is 0.694. The molecule has 0 aliphatic rings. The van der Waals surface area contributed by atoms with Crippen molar-refractivity contribution in [1.29, 1.82) is 0 Å². The number of rotatable bonds is 50. The summed E-state index contributed by atoms with van der Waals surface area (Å²) in [6.45, 7) is 6.38. The summed E-state index contributed by atoms with van der Waals surface area (Å²) in [6, 6.07) is 0. The van der Waals surface area contributed by atoms with Gasteiger partial charge in [0.25, 0.3) is 0 Å². The minimum Gasteiger partial charge on any atom is -0.462 e. The SMILES string of the molecule is CC/C=C\C/C=C\C/C=C\CCCCCCCCCC(=O)OC(COC(=O)CCCCCCC/C=C\C/C=C\C/C=C\CC)COC(=O)CCCCCCCCC/C=C\C/C=C\CCCCCC. The van der Waals surface area contributed by atoms with Crippen LogP contribution >= 0.6 is 0 Å². The molecule has 0 aromatic heterocycles. The minimum atomic E-state index is -0.795. The van der Waals surface area contributed by atoms with Crippen molar-refractivity contribution in [3.63, 3.8) is 0 Å². The molecule has 0 N–H and O–H groups in total. The van der Waals surface area contributed by atoms with E-state index >= 15 is 0 Å². The van der Waals surface area contributed by atoms with Crippen LogP contribution in [0.15, 0.2) is 97.2 Å². The summed E-state index contributed by atoms with van der Waals surface area (Å²) in [5.74, 6) is -0.924. The molecule has 1 unspecified atom stereocenters. The van der Waals surface area contributed by atoms with Crippen molar-refractivity contribution in [2.75, 3.05) is 13.2 Å². The van der Waals surface area contributed by atoms with Crippen LogP contribution in [0.5, 0.6) is 0 Å². The Kier molecular flexibility index (Phi) is 52.9. The number of hydrogen-bond donors (Lipinski definition) is 0. The molecule has 0 saturated carbocycles. The quantitative estimate of drug-likeness (QED) is 0.0262. The molecule has 0 amide bonds. The van der Waals surface area contributed by atoms with E-state index in [0.29, 0.717) is 19.3 Å². The number of allylic oxidation sites excluding steroid dienone is 16. The zero-order valence-electron chi connectivity index (χ0n) is 44.3. The summed E-state index contributed by atoms with van der Waals surface area (Å²) in [5.41, 5.74) is 0. The second-order valence-corrected chi connectivity index (χ2v) is 18.4. The molecule has 0 fully saturated rings. The summed E-state index contributed by atoms with van der Waals surface area (Å²) in [4.78, 5) is 38.2. The van der Waals surface area contributed by atoms with Gasteiger partial charge in [0.1, 0.15) is 13.2 Å². The highest BCUT2D eigenvalue weighted by Gasteiger charge is 2.19. The lowest BCUT2D eigenvalue weighted by Gasteiger charge is -2.18. The Balaban J connectivity index is 4.44. The normalized spacial score (nSPS) is 12.8. The van der Waals surface area contributed by atoms with Crippen LogP contribution in [0, 0.1) is 0 Å². The first-order chi connectivity index (χ1) is 33.5. The number of esters is 3. The van der Waals surface area contributed by atoms with Gasteiger partial charge in [0.05, 0.1) is 0 Å². The van der Waals surface area contributed by atoms with E-state index in [1.54, 1.807) is 0 Å². The predicted molar refractivity (Wildman–Crippen MR) is 293 cm³/mol. The molecular weight excluding hydrogens is 841 g/mol.